The van der Waals surface area contributed by atoms with Gasteiger partial charge in [-0.05, 0) is 59.8 Å². The quantitative estimate of drug-likeness (QED) is 0.774. The van der Waals surface area contributed by atoms with Gasteiger partial charge in [0.25, 0.3) is 0 Å². The molecular weight excluding hydrogens is 286 g/mol. The fourth-order valence-corrected chi connectivity index (χ4v) is 2.32. The predicted molar refractivity (Wildman–Crippen MR) is 76.3 cm³/mol. The normalized spacial score (nSPS) is 12.9. The maximum absolute atomic E-state index is 5.90. The molecule has 1 atom stereocenters. The molecule has 1 unspecified atom stereocenters. The first kappa shape index (κ1) is 13.9. The highest BCUT2D eigenvalue weighted by Gasteiger charge is 2.06. The Labute approximate surface area is 112 Å². The van der Waals surface area contributed by atoms with E-state index < -0.39 is 0 Å². The van der Waals surface area contributed by atoms with Crippen molar-refractivity contribution >= 4 is 33.2 Å². The van der Waals surface area contributed by atoms with Crippen LogP contribution in [0, 0.1) is 5.92 Å². The molecule has 0 saturated carbocycles. The summed E-state index contributed by atoms with van der Waals surface area (Å²) in [5, 5.41) is 4.24. The molecule has 0 aliphatic heterocycles. The Morgan fingerprint density at radius 3 is 2.50 bits per heavy atom. The molecule has 0 aliphatic rings. The minimum absolute atomic E-state index is 0.486. The summed E-state index contributed by atoms with van der Waals surface area (Å²) in [7, 11) is 0. The van der Waals surface area contributed by atoms with Gasteiger partial charge in [0.05, 0.1) is 0 Å². The maximum atomic E-state index is 5.90. The highest BCUT2D eigenvalue weighted by molar-refractivity contribution is 9.10. The van der Waals surface area contributed by atoms with Gasteiger partial charge in [-0.15, -0.1) is 0 Å². The molecule has 0 saturated heterocycles. The van der Waals surface area contributed by atoms with E-state index in [-0.39, 0.29) is 0 Å². The van der Waals surface area contributed by atoms with Crippen molar-refractivity contribution in [1.82, 2.24) is 0 Å². The van der Waals surface area contributed by atoms with Gasteiger partial charge >= 0.3 is 0 Å². The molecule has 0 bridgehead atoms. The smallest absolute Gasteiger partial charge is 0.0487 e. The zero-order chi connectivity index (χ0) is 12.1. The van der Waals surface area contributed by atoms with Crippen LogP contribution in [0.1, 0.15) is 33.6 Å². The van der Waals surface area contributed by atoms with Gasteiger partial charge in [-0.2, -0.15) is 0 Å². The molecular formula is C13H19BrClN. The first-order valence-electron chi connectivity index (χ1n) is 5.70. The Morgan fingerprint density at radius 1 is 1.25 bits per heavy atom. The van der Waals surface area contributed by atoms with E-state index in [1.807, 2.05) is 18.2 Å². The second kappa shape index (κ2) is 6.51. The van der Waals surface area contributed by atoms with E-state index in [0.29, 0.717) is 6.04 Å². The van der Waals surface area contributed by atoms with Gasteiger partial charge in [0, 0.05) is 21.2 Å². The molecule has 0 amide bonds. The fraction of sp³-hybridized carbons (Fsp3) is 0.538. The lowest BCUT2D eigenvalue weighted by Gasteiger charge is -2.17. The van der Waals surface area contributed by atoms with Crippen LogP contribution >= 0.6 is 27.5 Å². The van der Waals surface area contributed by atoms with Crippen LogP contribution in [-0.2, 0) is 0 Å². The zero-order valence-corrected chi connectivity index (χ0v) is 12.4. The monoisotopic (exact) mass is 303 g/mol. The van der Waals surface area contributed by atoms with Crippen LogP contribution in [0.4, 0.5) is 5.69 Å². The highest BCUT2D eigenvalue weighted by Crippen LogP contribution is 2.27. The lowest BCUT2D eigenvalue weighted by Crippen LogP contribution is -2.16. The van der Waals surface area contributed by atoms with Gasteiger partial charge in [0.2, 0.25) is 0 Å². The van der Waals surface area contributed by atoms with Crippen LogP contribution in [0.15, 0.2) is 22.7 Å². The molecule has 0 aliphatic carbocycles. The molecule has 1 aromatic carbocycles. The first-order chi connectivity index (χ1) is 7.49. The van der Waals surface area contributed by atoms with E-state index in [4.69, 9.17) is 11.6 Å². The third-order valence-corrected chi connectivity index (χ3v) is 3.40. The predicted octanol–water partition coefficient (Wildman–Crippen LogP) is 5.34. The van der Waals surface area contributed by atoms with Crippen molar-refractivity contribution < 1.29 is 0 Å². The van der Waals surface area contributed by atoms with Gasteiger partial charge in [-0.3, -0.25) is 0 Å². The molecule has 0 aromatic heterocycles. The Bertz CT molecular complexity index is 339. The second-order valence-electron chi connectivity index (χ2n) is 4.64. The van der Waals surface area contributed by atoms with Crippen LogP contribution in [0.2, 0.25) is 5.02 Å². The van der Waals surface area contributed by atoms with Crippen molar-refractivity contribution in [2.45, 2.75) is 39.7 Å². The van der Waals surface area contributed by atoms with Gasteiger partial charge < -0.3 is 5.32 Å². The van der Waals surface area contributed by atoms with E-state index in [0.717, 1.165) is 21.1 Å². The highest BCUT2D eigenvalue weighted by atomic mass is 79.9. The van der Waals surface area contributed by atoms with Gasteiger partial charge in [0.1, 0.15) is 0 Å². The maximum Gasteiger partial charge on any atom is 0.0487 e. The van der Waals surface area contributed by atoms with Crippen LogP contribution in [0.5, 0.6) is 0 Å². The fourth-order valence-electron chi connectivity index (χ4n) is 1.53. The summed E-state index contributed by atoms with van der Waals surface area (Å²) in [6.07, 6.45) is 2.44. The molecule has 1 aromatic rings. The molecule has 1 N–H and O–H groups in total. The number of halogens is 2. The Hall–Kier alpha value is -0.210. The molecule has 0 radical (unpaired) electrons. The summed E-state index contributed by atoms with van der Waals surface area (Å²) < 4.78 is 1.02. The average Bonchev–Trinajstić information content (AvgIpc) is 2.19. The summed E-state index contributed by atoms with van der Waals surface area (Å²) in [4.78, 5) is 0. The van der Waals surface area contributed by atoms with Crippen molar-refractivity contribution in [3.63, 3.8) is 0 Å². The lowest BCUT2D eigenvalue weighted by molar-refractivity contribution is 0.527. The van der Waals surface area contributed by atoms with Crippen molar-refractivity contribution in [1.29, 1.82) is 0 Å². The lowest BCUT2D eigenvalue weighted by atomic mass is 10.0. The molecule has 0 heterocycles. The summed E-state index contributed by atoms with van der Waals surface area (Å²) in [5.74, 6) is 0.762. The Kier molecular flexibility index (Phi) is 5.63. The van der Waals surface area contributed by atoms with E-state index in [2.05, 4.69) is 42.0 Å². The number of benzene rings is 1. The van der Waals surface area contributed by atoms with E-state index in [1.54, 1.807) is 0 Å². The largest absolute Gasteiger partial charge is 0.382 e. The zero-order valence-electron chi connectivity index (χ0n) is 10.1. The topological polar surface area (TPSA) is 12.0 Å². The van der Waals surface area contributed by atoms with E-state index in [9.17, 15) is 0 Å². The molecule has 1 nitrogen and oxygen atoms in total. The minimum atomic E-state index is 0.486. The van der Waals surface area contributed by atoms with Crippen molar-refractivity contribution in [2.24, 2.45) is 5.92 Å². The van der Waals surface area contributed by atoms with Crippen LogP contribution in [0.25, 0.3) is 0 Å². The summed E-state index contributed by atoms with van der Waals surface area (Å²) in [6, 6.07) is 6.32. The standard InChI is InChI=1S/C13H19BrClN/c1-9(2)4-5-10(3)16-13-7-6-11(15)8-12(13)14/h6-10,16H,4-5H2,1-3H3. The van der Waals surface area contributed by atoms with E-state index >= 15 is 0 Å². The SMILES string of the molecule is CC(C)CCC(C)Nc1ccc(Cl)cc1Br. The van der Waals surface area contributed by atoms with Crippen LogP contribution < -0.4 is 5.32 Å². The van der Waals surface area contributed by atoms with E-state index in [1.165, 1.54) is 12.8 Å². The average molecular weight is 305 g/mol. The number of hydrogen-bond donors (Lipinski definition) is 1. The molecule has 0 spiro atoms. The minimum Gasteiger partial charge on any atom is -0.382 e. The number of hydrogen-bond acceptors (Lipinski definition) is 1. The molecule has 3 heteroatoms. The van der Waals surface area contributed by atoms with Crippen LogP contribution in [-0.4, -0.2) is 6.04 Å². The summed E-state index contributed by atoms with van der Waals surface area (Å²) in [5.41, 5.74) is 1.11. The third-order valence-electron chi connectivity index (χ3n) is 2.51. The first-order valence-corrected chi connectivity index (χ1v) is 6.87. The Morgan fingerprint density at radius 2 is 1.94 bits per heavy atom. The number of rotatable bonds is 5. The van der Waals surface area contributed by atoms with Crippen LogP contribution in [0.3, 0.4) is 0 Å². The van der Waals surface area contributed by atoms with Crippen molar-refractivity contribution in [2.75, 3.05) is 5.32 Å². The molecule has 90 valence electrons. The molecule has 16 heavy (non-hydrogen) atoms. The van der Waals surface area contributed by atoms with Crippen molar-refractivity contribution in [3.8, 4) is 0 Å². The number of anilines is 1. The third kappa shape index (κ3) is 4.75. The Balaban J connectivity index is 2.52. The van der Waals surface area contributed by atoms with Gasteiger partial charge in [0.15, 0.2) is 0 Å². The summed E-state index contributed by atoms with van der Waals surface area (Å²) >= 11 is 9.41. The summed E-state index contributed by atoms with van der Waals surface area (Å²) in [6.45, 7) is 6.72. The van der Waals surface area contributed by atoms with Gasteiger partial charge in [-0.1, -0.05) is 25.4 Å². The number of nitrogens with one attached hydrogen (secondary N) is 1. The van der Waals surface area contributed by atoms with Gasteiger partial charge in [-0.25, -0.2) is 0 Å². The van der Waals surface area contributed by atoms with Crippen molar-refractivity contribution in [3.05, 3.63) is 27.7 Å². The second-order valence-corrected chi connectivity index (χ2v) is 5.93. The molecule has 0 fully saturated rings. The molecule has 1 rings (SSSR count).